The van der Waals surface area contributed by atoms with Crippen LogP contribution in [0.15, 0.2) is 34.1 Å². The summed E-state index contributed by atoms with van der Waals surface area (Å²) in [5.41, 5.74) is 8.04. The Hall–Kier alpha value is -1.33. The van der Waals surface area contributed by atoms with Gasteiger partial charge in [-0.2, -0.15) is 0 Å². The molecule has 0 bridgehead atoms. The van der Waals surface area contributed by atoms with E-state index in [9.17, 15) is 4.79 Å². The lowest BCUT2D eigenvalue weighted by molar-refractivity contribution is 0.103. The molecule has 0 fully saturated rings. The van der Waals surface area contributed by atoms with Crippen LogP contribution in [-0.4, -0.2) is 5.91 Å². The number of hydrogen-bond acceptors (Lipinski definition) is 3. The monoisotopic (exact) mass is 310 g/mol. The van der Waals surface area contributed by atoms with Gasteiger partial charge in [-0.25, -0.2) is 0 Å². The minimum Gasteiger partial charge on any atom is -0.397 e. The number of nitrogens with two attached hydrogens (primary N) is 1. The predicted octanol–water partition coefficient (Wildman–Crippen LogP) is 3.65. The van der Waals surface area contributed by atoms with Gasteiger partial charge >= 0.3 is 0 Å². The Labute approximate surface area is 112 Å². The number of carbonyl (C=O) groups is 1. The molecule has 0 aliphatic carbocycles. The first-order valence-electron chi connectivity index (χ1n) is 4.99. The van der Waals surface area contributed by atoms with Crippen LogP contribution in [0, 0.1) is 6.92 Å². The van der Waals surface area contributed by atoms with Crippen LogP contribution in [0.3, 0.4) is 0 Å². The summed E-state index contributed by atoms with van der Waals surface area (Å²) in [6.45, 7) is 1.91. The van der Waals surface area contributed by atoms with Gasteiger partial charge in [0.25, 0.3) is 5.91 Å². The maximum atomic E-state index is 12.0. The van der Waals surface area contributed by atoms with Crippen LogP contribution in [-0.2, 0) is 0 Å². The van der Waals surface area contributed by atoms with E-state index >= 15 is 0 Å². The number of carbonyl (C=O) groups excluding carboxylic acids is 1. The summed E-state index contributed by atoms with van der Waals surface area (Å²) in [6, 6.07) is 7.39. The second-order valence-corrected chi connectivity index (χ2v) is 5.36. The Bertz CT molecular complexity index is 545. The third-order valence-electron chi connectivity index (χ3n) is 2.37. The van der Waals surface area contributed by atoms with Crippen LogP contribution in [0.25, 0.3) is 0 Å². The molecule has 1 aromatic carbocycles. The van der Waals surface area contributed by atoms with E-state index in [1.165, 1.54) is 11.3 Å². The minimum absolute atomic E-state index is 0.145. The van der Waals surface area contributed by atoms with E-state index in [2.05, 4.69) is 21.2 Å². The molecular formula is C12H11BrN2OS. The van der Waals surface area contributed by atoms with Crippen molar-refractivity contribution >= 4 is 44.5 Å². The third kappa shape index (κ3) is 2.50. The number of amides is 1. The van der Waals surface area contributed by atoms with E-state index in [-0.39, 0.29) is 5.91 Å². The zero-order valence-corrected chi connectivity index (χ0v) is 11.6. The highest BCUT2D eigenvalue weighted by molar-refractivity contribution is 9.10. The molecule has 1 heterocycles. The summed E-state index contributed by atoms with van der Waals surface area (Å²) in [5.74, 6) is -0.145. The number of thiophene rings is 1. The van der Waals surface area contributed by atoms with Crippen LogP contribution in [0.2, 0.25) is 0 Å². The van der Waals surface area contributed by atoms with Crippen molar-refractivity contribution in [2.24, 2.45) is 0 Å². The van der Waals surface area contributed by atoms with Crippen molar-refractivity contribution in [2.75, 3.05) is 11.1 Å². The number of para-hydroxylation sites is 1. The van der Waals surface area contributed by atoms with E-state index in [0.29, 0.717) is 16.3 Å². The standard InChI is InChI=1S/C12H11BrN2OS/c1-7-3-2-4-9(14)10(7)15-12(16)11-8(13)5-6-17-11/h2-6H,14H2,1H3,(H,15,16). The zero-order valence-electron chi connectivity index (χ0n) is 9.16. The molecule has 0 spiro atoms. The Morgan fingerprint density at radius 2 is 2.18 bits per heavy atom. The van der Waals surface area contributed by atoms with Gasteiger partial charge in [0.15, 0.2) is 0 Å². The van der Waals surface area contributed by atoms with Gasteiger partial charge in [0.1, 0.15) is 4.88 Å². The van der Waals surface area contributed by atoms with Gasteiger partial charge in [0, 0.05) is 4.47 Å². The van der Waals surface area contributed by atoms with Gasteiger partial charge in [-0.15, -0.1) is 11.3 Å². The Morgan fingerprint density at radius 3 is 2.76 bits per heavy atom. The molecule has 0 atom stereocenters. The van der Waals surface area contributed by atoms with Gasteiger partial charge in [-0.1, -0.05) is 12.1 Å². The first kappa shape index (κ1) is 12.1. The quantitative estimate of drug-likeness (QED) is 0.832. The zero-order chi connectivity index (χ0) is 12.4. The van der Waals surface area contributed by atoms with Gasteiger partial charge < -0.3 is 11.1 Å². The number of anilines is 2. The fourth-order valence-corrected chi connectivity index (χ4v) is 2.93. The molecule has 1 amide bonds. The highest BCUT2D eigenvalue weighted by Gasteiger charge is 2.13. The molecule has 3 N–H and O–H groups in total. The number of aryl methyl sites for hydroxylation is 1. The number of nitrogen functional groups attached to an aromatic ring is 1. The molecule has 0 unspecified atom stereocenters. The first-order valence-corrected chi connectivity index (χ1v) is 6.66. The summed E-state index contributed by atoms with van der Waals surface area (Å²) >= 11 is 4.72. The van der Waals surface area contributed by atoms with Crippen molar-refractivity contribution < 1.29 is 4.79 Å². The maximum Gasteiger partial charge on any atom is 0.266 e. The SMILES string of the molecule is Cc1cccc(N)c1NC(=O)c1sccc1Br. The van der Waals surface area contributed by atoms with Crippen LogP contribution in [0.4, 0.5) is 11.4 Å². The highest BCUT2D eigenvalue weighted by Crippen LogP contribution is 2.27. The Morgan fingerprint density at radius 1 is 1.41 bits per heavy atom. The van der Waals surface area contributed by atoms with Gasteiger partial charge in [0.2, 0.25) is 0 Å². The molecule has 17 heavy (non-hydrogen) atoms. The average Bonchev–Trinajstić information content (AvgIpc) is 2.70. The van der Waals surface area contributed by atoms with Gasteiger partial charge in [-0.3, -0.25) is 4.79 Å². The topological polar surface area (TPSA) is 55.1 Å². The lowest BCUT2D eigenvalue weighted by Gasteiger charge is -2.10. The summed E-state index contributed by atoms with van der Waals surface area (Å²) in [6.07, 6.45) is 0. The summed E-state index contributed by atoms with van der Waals surface area (Å²) < 4.78 is 0.798. The average molecular weight is 311 g/mol. The van der Waals surface area contributed by atoms with Crippen LogP contribution in [0.5, 0.6) is 0 Å². The molecule has 0 aliphatic heterocycles. The van der Waals surface area contributed by atoms with Gasteiger partial charge in [0.05, 0.1) is 11.4 Å². The second-order valence-electron chi connectivity index (χ2n) is 3.59. The number of benzene rings is 1. The summed E-state index contributed by atoms with van der Waals surface area (Å²) in [7, 11) is 0. The van der Waals surface area contributed by atoms with Crippen molar-refractivity contribution in [3.8, 4) is 0 Å². The number of halogens is 1. The maximum absolute atomic E-state index is 12.0. The minimum atomic E-state index is -0.145. The van der Waals surface area contributed by atoms with Crippen molar-refractivity contribution in [2.45, 2.75) is 6.92 Å². The van der Waals surface area contributed by atoms with Crippen molar-refractivity contribution in [3.05, 3.63) is 44.6 Å². The molecule has 88 valence electrons. The summed E-state index contributed by atoms with van der Waals surface area (Å²) in [5, 5.41) is 4.70. The predicted molar refractivity (Wildman–Crippen MR) is 75.6 cm³/mol. The van der Waals surface area contributed by atoms with Crippen molar-refractivity contribution in [1.82, 2.24) is 0 Å². The fraction of sp³-hybridized carbons (Fsp3) is 0.0833. The number of hydrogen-bond donors (Lipinski definition) is 2. The van der Waals surface area contributed by atoms with E-state index < -0.39 is 0 Å². The van der Waals surface area contributed by atoms with E-state index in [0.717, 1.165) is 10.0 Å². The van der Waals surface area contributed by atoms with Gasteiger partial charge in [-0.05, 0) is 45.9 Å². The van der Waals surface area contributed by atoms with Crippen molar-refractivity contribution in [1.29, 1.82) is 0 Å². The number of nitrogens with one attached hydrogen (secondary N) is 1. The molecule has 1 aromatic heterocycles. The summed E-state index contributed by atoms with van der Waals surface area (Å²) in [4.78, 5) is 12.7. The van der Waals surface area contributed by atoms with E-state index in [1.54, 1.807) is 6.07 Å². The number of rotatable bonds is 2. The Balaban J connectivity index is 2.28. The molecular weight excluding hydrogens is 300 g/mol. The lowest BCUT2D eigenvalue weighted by Crippen LogP contribution is -2.13. The Kier molecular flexibility index (Phi) is 3.49. The van der Waals surface area contributed by atoms with Crippen LogP contribution in [0.1, 0.15) is 15.2 Å². The smallest absolute Gasteiger partial charge is 0.266 e. The molecule has 2 rings (SSSR count). The largest absolute Gasteiger partial charge is 0.397 e. The lowest BCUT2D eigenvalue weighted by atomic mass is 10.1. The molecule has 2 aromatic rings. The van der Waals surface area contributed by atoms with Crippen molar-refractivity contribution in [3.63, 3.8) is 0 Å². The molecule has 5 heteroatoms. The molecule has 0 saturated carbocycles. The second kappa shape index (κ2) is 4.89. The highest BCUT2D eigenvalue weighted by atomic mass is 79.9. The first-order chi connectivity index (χ1) is 8.09. The van der Waals surface area contributed by atoms with Crippen LogP contribution >= 0.6 is 27.3 Å². The normalized spacial score (nSPS) is 10.2. The molecule has 0 saturated heterocycles. The van der Waals surface area contributed by atoms with E-state index in [1.807, 2.05) is 30.5 Å². The molecule has 0 radical (unpaired) electrons. The third-order valence-corrected chi connectivity index (χ3v) is 4.20. The fourth-order valence-electron chi connectivity index (χ4n) is 1.49. The molecule has 3 nitrogen and oxygen atoms in total. The van der Waals surface area contributed by atoms with E-state index in [4.69, 9.17) is 5.73 Å². The van der Waals surface area contributed by atoms with Crippen LogP contribution < -0.4 is 11.1 Å². The molecule has 0 aliphatic rings.